The molecule has 9 heteroatoms. The number of carbonyl (C=O) groups is 3. The van der Waals surface area contributed by atoms with E-state index < -0.39 is 17.8 Å². The lowest BCUT2D eigenvalue weighted by Crippen LogP contribution is -2.37. The Morgan fingerprint density at radius 2 is 1.86 bits per heavy atom. The van der Waals surface area contributed by atoms with Gasteiger partial charge >= 0.3 is 17.8 Å². The molecule has 1 fully saturated rings. The highest BCUT2D eigenvalue weighted by molar-refractivity contribution is 6.52. The normalized spacial score (nSPS) is 14.4. The number of imide groups is 2. The molecule has 0 atom stereocenters. The number of aromatic nitrogens is 3. The van der Waals surface area contributed by atoms with Gasteiger partial charge in [0.2, 0.25) is 12.7 Å². The maximum absolute atomic E-state index is 12.7. The molecule has 4 amide bonds. The highest BCUT2D eigenvalue weighted by Gasteiger charge is 2.46. The van der Waals surface area contributed by atoms with E-state index in [4.69, 9.17) is 4.52 Å². The fourth-order valence-corrected chi connectivity index (χ4v) is 3.13. The molecule has 0 radical (unpaired) electrons. The number of nitrogens with one attached hydrogen (secondary N) is 1. The van der Waals surface area contributed by atoms with Crippen molar-refractivity contribution in [3.05, 3.63) is 65.3 Å². The van der Waals surface area contributed by atoms with Gasteiger partial charge in [-0.2, -0.15) is 5.10 Å². The van der Waals surface area contributed by atoms with Gasteiger partial charge in [0.05, 0.1) is 24.0 Å². The van der Waals surface area contributed by atoms with Crippen LogP contribution in [-0.2, 0) is 22.7 Å². The lowest BCUT2D eigenvalue weighted by Gasteiger charge is -2.13. The molecule has 1 aromatic carbocycles. The minimum absolute atomic E-state index is 0.0459. The van der Waals surface area contributed by atoms with Crippen LogP contribution in [0.1, 0.15) is 22.6 Å². The number of amides is 4. The van der Waals surface area contributed by atoms with Crippen LogP contribution >= 0.6 is 0 Å². The molecule has 142 valence electrons. The monoisotopic (exact) mass is 380 g/mol. The van der Waals surface area contributed by atoms with Crippen LogP contribution < -0.4 is 9.58 Å². The molecule has 0 saturated carbocycles. The number of H-pyrrole nitrogens is 1. The molecule has 28 heavy (non-hydrogen) atoms. The highest BCUT2D eigenvalue weighted by atomic mass is 16.5. The van der Waals surface area contributed by atoms with E-state index in [0.717, 1.165) is 26.6 Å². The first-order valence-corrected chi connectivity index (χ1v) is 8.69. The molecule has 1 saturated heterocycles. The smallest absolute Gasteiger partial charge is 0.339 e. The molecular formula is C19H18N5O4+. The van der Waals surface area contributed by atoms with E-state index in [2.05, 4.69) is 10.3 Å². The van der Waals surface area contributed by atoms with Gasteiger partial charge in [0.25, 0.3) is 0 Å². The number of aryl methyl sites for hydroxylation is 2. The number of hydrogen-bond acceptors (Lipinski definition) is 5. The number of urea groups is 1. The van der Waals surface area contributed by atoms with Crippen LogP contribution in [0.15, 0.2) is 47.2 Å². The first kappa shape index (κ1) is 17.7. The largest absolute Gasteiger partial charge is 0.361 e. The van der Waals surface area contributed by atoms with E-state index in [1.54, 1.807) is 23.0 Å². The van der Waals surface area contributed by atoms with E-state index in [1.807, 2.05) is 32.0 Å². The highest BCUT2D eigenvalue weighted by Crippen LogP contribution is 2.22. The second-order valence-electron chi connectivity index (χ2n) is 6.56. The predicted molar refractivity (Wildman–Crippen MR) is 95.9 cm³/mol. The van der Waals surface area contributed by atoms with E-state index in [1.165, 1.54) is 6.20 Å². The predicted octanol–water partition coefficient (Wildman–Crippen LogP) is 1.45. The molecule has 3 heterocycles. The van der Waals surface area contributed by atoms with Crippen LogP contribution in [0.5, 0.6) is 0 Å². The molecule has 1 aliphatic rings. The Morgan fingerprint density at radius 3 is 2.54 bits per heavy atom. The standard InChI is InChI=1S/C19H17N5O4/c1-12-16(13(2)28-21-12)11-22-10-15(8-20-22)24-18(26)17(25)23(19(24)27)9-14-6-4-3-5-7-14/h3-8,10H,9,11H2,1-2H3/p+1. The number of rotatable bonds is 5. The molecule has 0 aliphatic carbocycles. The summed E-state index contributed by atoms with van der Waals surface area (Å²) in [6, 6.07) is 8.38. The van der Waals surface area contributed by atoms with Crippen molar-refractivity contribution < 1.29 is 23.6 Å². The zero-order valence-corrected chi connectivity index (χ0v) is 15.4. The van der Waals surface area contributed by atoms with Crippen molar-refractivity contribution in [2.75, 3.05) is 4.90 Å². The zero-order chi connectivity index (χ0) is 19.8. The number of benzene rings is 1. The van der Waals surface area contributed by atoms with Crippen molar-refractivity contribution in [1.82, 2.24) is 15.2 Å². The molecule has 0 unspecified atom stereocenters. The third kappa shape index (κ3) is 2.96. The Labute approximate surface area is 160 Å². The number of hydrogen-bond donors (Lipinski definition) is 1. The van der Waals surface area contributed by atoms with Crippen LogP contribution in [-0.4, -0.2) is 33.0 Å². The zero-order valence-electron chi connectivity index (χ0n) is 15.4. The summed E-state index contributed by atoms with van der Waals surface area (Å²) < 4.78 is 6.83. The fraction of sp³-hybridized carbons (Fsp3) is 0.211. The SMILES string of the molecule is Cc1noc(C)c1C[n+]1cc(N2C(=O)C(=O)N(Cc3ccccc3)C2=O)c[nH]1. The van der Waals surface area contributed by atoms with Gasteiger partial charge < -0.3 is 4.52 Å². The lowest BCUT2D eigenvalue weighted by atomic mass is 10.2. The van der Waals surface area contributed by atoms with E-state index in [-0.39, 0.29) is 6.54 Å². The summed E-state index contributed by atoms with van der Waals surface area (Å²) in [5, 5.41) is 6.88. The molecule has 1 aliphatic heterocycles. The van der Waals surface area contributed by atoms with Crippen molar-refractivity contribution in [1.29, 1.82) is 0 Å². The summed E-state index contributed by atoms with van der Waals surface area (Å²) in [6.45, 7) is 4.13. The van der Waals surface area contributed by atoms with Gasteiger partial charge in [-0.3, -0.25) is 14.5 Å². The van der Waals surface area contributed by atoms with Crippen molar-refractivity contribution in [2.45, 2.75) is 26.9 Å². The Kier molecular flexibility index (Phi) is 4.26. The average molecular weight is 380 g/mol. The molecular weight excluding hydrogens is 362 g/mol. The molecule has 4 rings (SSSR count). The summed E-state index contributed by atoms with van der Waals surface area (Å²) >= 11 is 0. The Bertz CT molecular complexity index is 1050. The van der Waals surface area contributed by atoms with Crippen LogP contribution in [0.25, 0.3) is 0 Å². The maximum Gasteiger partial charge on any atom is 0.339 e. The minimum atomic E-state index is -0.871. The number of carbonyl (C=O) groups excluding carboxylic acids is 3. The van der Waals surface area contributed by atoms with Gasteiger partial charge in [0, 0.05) is 0 Å². The van der Waals surface area contributed by atoms with Crippen LogP contribution in [0.4, 0.5) is 10.5 Å². The molecule has 0 bridgehead atoms. The first-order chi connectivity index (χ1) is 13.5. The fourth-order valence-electron chi connectivity index (χ4n) is 3.13. The van der Waals surface area contributed by atoms with Gasteiger partial charge in [-0.25, -0.2) is 9.69 Å². The summed E-state index contributed by atoms with van der Waals surface area (Å²) in [4.78, 5) is 39.3. The van der Waals surface area contributed by atoms with Crippen molar-refractivity contribution in [3.63, 3.8) is 0 Å². The molecule has 2 aromatic heterocycles. The molecule has 3 aromatic rings. The van der Waals surface area contributed by atoms with Gasteiger partial charge in [-0.15, -0.1) is 4.68 Å². The first-order valence-electron chi connectivity index (χ1n) is 8.69. The molecule has 9 nitrogen and oxygen atoms in total. The topological polar surface area (TPSA) is 103 Å². The van der Waals surface area contributed by atoms with Crippen LogP contribution in [0.2, 0.25) is 0 Å². The molecule has 1 N–H and O–H groups in total. The second kappa shape index (κ2) is 6.76. The van der Waals surface area contributed by atoms with E-state index >= 15 is 0 Å². The van der Waals surface area contributed by atoms with Gasteiger partial charge in [0.15, 0.2) is 0 Å². The van der Waals surface area contributed by atoms with Crippen LogP contribution in [0.3, 0.4) is 0 Å². The van der Waals surface area contributed by atoms with Crippen molar-refractivity contribution in [2.24, 2.45) is 0 Å². The van der Waals surface area contributed by atoms with E-state index in [0.29, 0.717) is 18.0 Å². The average Bonchev–Trinajstić information content (AvgIpc) is 3.33. The van der Waals surface area contributed by atoms with Crippen molar-refractivity contribution in [3.8, 4) is 0 Å². The quantitative estimate of drug-likeness (QED) is 0.410. The summed E-state index contributed by atoms with van der Waals surface area (Å²) in [6.07, 6.45) is 3.11. The summed E-state index contributed by atoms with van der Waals surface area (Å²) in [7, 11) is 0. The maximum atomic E-state index is 12.7. The van der Waals surface area contributed by atoms with Crippen molar-refractivity contribution >= 4 is 23.5 Å². The summed E-state index contributed by atoms with van der Waals surface area (Å²) in [5.74, 6) is -1.02. The van der Waals surface area contributed by atoms with Gasteiger partial charge in [0.1, 0.15) is 11.4 Å². The summed E-state index contributed by atoms with van der Waals surface area (Å²) in [5.41, 5.74) is 2.73. The third-order valence-corrected chi connectivity index (χ3v) is 4.67. The second-order valence-corrected chi connectivity index (χ2v) is 6.56. The Hall–Kier alpha value is -3.75. The Balaban J connectivity index is 1.56. The van der Waals surface area contributed by atoms with Crippen LogP contribution in [0, 0.1) is 13.8 Å². The number of anilines is 1. The van der Waals surface area contributed by atoms with Gasteiger partial charge in [-0.05, 0) is 19.4 Å². The number of nitrogens with zero attached hydrogens (tertiary/aromatic N) is 4. The molecule has 0 spiro atoms. The minimum Gasteiger partial charge on any atom is -0.361 e. The third-order valence-electron chi connectivity index (χ3n) is 4.67. The van der Waals surface area contributed by atoms with E-state index in [9.17, 15) is 14.4 Å². The Morgan fingerprint density at radius 1 is 1.11 bits per heavy atom. The van der Waals surface area contributed by atoms with Gasteiger partial charge in [-0.1, -0.05) is 35.5 Å². The number of aromatic amines is 1. The lowest BCUT2D eigenvalue weighted by molar-refractivity contribution is -0.742.